The van der Waals surface area contributed by atoms with Crippen LogP contribution in [0.5, 0.6) is 11.5 Å². The van der Waals surface area contributed by atoms with Gasteiger partial charge in [-0.25, -0.2) is 0 Å². The highest BCUT2D eigenvalue weighted by Crippen LogP contribution is 2.11. The van der Waals surface area contributed by atoms with Gasteiger partial charge in [0, 0.05) is 23.5 Å². The minimum absolute atomic E-state index is 0.285. The standard InChI is InChI=1S/C18H18N2O4/c1-23-15-7-3-13(4-8-15)17(21)19-11-12-20-18(22)14-5-9-16(24-2)10-6-14/h3-12H,1-2H3,(H,19,21)(H,20,22)/b12-11-. The van der Waals surface area contributed by atoms with Crippen LogP contribution in [0.25, 0.3) is 0 Å². The summed E-state index contributed by atoms with van der Waals surface area (Å²) in [6.07, 6.45) is 2.74. The van der Waals surface area contributed by atoms with E-state index in [4.69, 9.17) is 9.47 Å². The molecule has 2 aromatic rings. The second-order valence-electron chi connectivity index (χ2n) is 4.74. The van der Waals surface area contributed by atoms with Crippen molar-refractivity contribution in [3.8, 4) is 11.5 Å². The van der Waals surface area contributed by atoms with Gasteiger partial charge in [-0.05, 0) is 48.5 Å². The Kier molecular flexibility index (Phi) is 5.96. The Bertz CT molecular complexity index is 658. The Balaban J connectivity index is 1.84. The molecule has 6 nitrogen and oxygen atoms in total. The van der Waals surface area contributed by atoms with E-state index in [-0.39, 0.29) is 11.8 Å². The SMILES string of the molecule is COc1ccc(C(=O)N/C=C\NC(=O)c2ccc(OC)cc2)cc1. The third-order valence-corrected chi connectivity index (χ3v) is 3.22. The fraction of sp³-hybridized carbons (Fsp3) is 0.111. The maximum atomic E-state index is 11.9. The average molecular weight is 326 g/mol. The zero-order chi connectivity index (χ0) is 17.4. The normalized spacial score (nSPS) is 10.2. The van der Waals surface area contributed by atoms with Crippen LogP contribution in [0.2, 0.25) is 0 Å². The maximum Gasteiger partial charge on any atom is 0.255 e. The van der Waals surface area contributed by atoms with Gasteiger partial charge in [0.05, 0.1) is 14.2 Å². The van der Waals surface area contributed by atoms with Crippen molar-refractivity contribution in [2.24, 2.45) is 0 Å². The molecule has 2 amide bonds. The molecule has 0 aliphatic rings. The Morgan fingerprint density at radius 2 is 1.04 bits per heavy atom. The van der Waals surface area contributed by atoms with E-state index in [1.807, 2.05) is 0 Å². The van der Waals surface area contributed by atoms with E-state index in [1.54, 1.807) is 62.8 Å². The summed E-state index contributed by atoms with van der Waals surface area (Å²) in [5, 5.41) is 5.13. The number of amides is 2. The number of carbonyl (C=O) groups excluding carboxylic acids is 2. The smallest absolute Gasteiger partial charge is 0.255 e. The molecule has 0 fully saturated rings. The van der Waals surface area contributed by atoms with Crippen LogP contribution in [0.4, 0.5) is 0 Å². The first-order valence-corrected chi connectivity index (χ1v) is 7.19. The summed E-state index contributed by atoms with van der Waals surface area (Å²) in [5.74, 6) is 0.780. The molecule has 6 heteroatoms. The largest absolute Gasteiger partial charge is 0.497 e. The summed E-state index contributed by atoms with van der Waals surface area (Å²) < 4.78 is 10.1. The molecule has 0 saturated carbocycles. The molecule has 0 aromatic heterocycles. The number of hydrogen-bond acceptors (Lipinski definition) is 4. The van der Waals surface area contributed by atoms with Crippen molar-refractivity contribution in [3.05, 3.63) is 72.1 Å². The van der Waals surface area contributed by atoms with Crippen LogP contribution >= 0.6 is 0 Å². The van der Waals surface area contributed by atoms with Gasteiger partial charge in [-0.2, -0.15) is 0 Å². The fourth-order valence-electron chi connectivity index (χ4n) is 1.89. The molecule has 0 atom stereocenters. The zero-order valence-corrected chi connectivity index (χ0v) is 13.4. The van der Waals surface area contributed by atoms with E-state index in [1.165, 1.54) is 12.4 Å². The van der Waals surface area contributed by atoms with Gasteiger partial charge in [0.2, 0.25) is 0 Å². The third kappa shape index (κ3) is 4.61. The van der Waals surface area contributed by atoms with Crippen LogP contribution in [-0.2, 0) is 0 Å². The van der Waals surface area contributed by atoms with E-state index in [0.717, 1.165) is 0 Å². The van der Waals surface area contributed by atoms with Gasteiger partial charge in [0.25, 0.3) is 11.8 Å². The van der Waals surface area contributed by atoms with Crippen LogP contribution in [0.15, 0.2) is 60.9 Å². The van der Waals surface area contributed by atoms with Crippen molar-refractivity contribution >= 4 is 11.8 Å². The van der Waals surface area contributed by atoms with Crippen molar-refractivity contribution in [1.82, 2.24) is 10.6 Å². The lowest BCUT2D eigenvalue weighted by Gasteiger charge is -2.04. The molecule has 24 heavy (non-hydrogen) atoms. The summed E-state index contributed by atoms with van der Waals surface area (Å²) in [6, 6.07) is 13.4. The molecule has 0 heterocycles. The van der Waals surface area contributed by atoms with Crippen molar-refractivity contribution in [2.45, 2.75) is 0 Å². The Hall–Kier alpha value is -3.28. The molecule has 0 spiro atoms. The van der Waals surface area contributed by atoms with Crippen molar-refractivity contribution in [1.29, 1.82) is 0 Å². The molecule has 0 unspecified atom stereocenters. The summed E-state index contributed by atoms with van der Waals surface area (Å²) in [4.78, 5) is 23.8. The molecule has 2 rings (SSSR count). The number of ether oxygens (including phenoxy) is 2. The number of methoxy groups -OCH3 is 2. The van der Waals surface area contributed by atoms with E-state index < -0.39 is 0 Å². The van der Waals surface area contributed by atoms with Crippen LogP contribution < -0.4 is 20.1 Å². The first-order chi connectivity index (χ1) is 11.6. The molecule has 0 aliphatic carbocycles. The maximum absolute atomic E-state index is 11.9. The van der Waals surface area contributed by atoms with Crippen LogP contribution in [-0.4, -0.2) is 26.0 Å². The minimum atomic E-state index is -0.285. The van der Waals surface area contributed by atoms with Crippen LogP contribution in [0.1, 0.15) is 20.7 Å². The number of rotatable bonds is 6. The van der Waals surface area contributed by atoms with Gasteiger partial charge in [0.1, 0.15) is 11.5 Å². The summed E-state index contributed by atoms with van der Waals surface area (Å²) in [7, 11) is 3.12. The third-order valence-electron chi connectivity index (χ3n) is 3.22. The highest BCUT2D eigenvalue weighted by molar-refractivity contribution is 5.96. The monoisotopic (exact) mass is 326 g/mol. The topological polar surface area (TPSA) is 76.7 Å². The minimum Gasteiger partial charge on any atom is -0.497 e. The fourth-order valence-corrected chi connectivity index (χ4v) is 1.89. The summed E-state index contributed by atoms with van der Waals surface area (Å²) in [6.45, 7) is 0. The first kappa shape index (κ1) is 17.1. The Morgan fingerprint density at radius 3 is 1.33 bits per heavy atom. The number of hydrogen-bond donors (Lipinski definition) is 2. The van der Waals surface area contributed by atoms with Gasteiger partial charge in [-0.3, -0.25) is 9.59 Å². The molecular weight excluding hydrogens is 308 g/mol. The molecule has 2 N–H and O–H groups in total. The molecule has 0 saturated heterocycles. The van der Waals surface area contributed by atoms with E-state index >= 15 is 0 Å². The van der Waals surface area contributed by atoms with Crippen LogP contribution in [0.3, 0.4) is 0 Å². The number of carbonyl (C=O) groups is 2. The molecule has 0 aliphatic heterocycles. The lowest BCUT2D eigenvalue weighted by molar-refractivity contribution is 0.0955. The molecular formula is C18H18N2O4. The van der Waals surface area contributed by atoms with Gasteiger partial charge < -0.3 is 20.1 Å². The van der Waals surface area contributed by atoms with E-state index in [0.29, 0.717) is 22.6 Å². The predicted octanol–water partition coefficient (Wildman–Crippen LogP) is 2.33. The Labute approximate surface area is 140 Å². The van der Waals surface area contributed by atoms with Gasteiger partial charge in [-0.1, -0.05) is 0 Å². The van der Waals surface area contributed by atoms with Gasteiger partial charge >= 0.3 is 0 Å². The number of benzene rings is 2. The van der Waals surface area contributed by atoms with Gasteiger partial charge in [-0.15, -0.1) is 0 Å². The van der Waals surface area contributed by atoms with Crippen molar-refractivity contribution < 1.29 is 19.1 Å². The highest BCUT2D eigenvalue weighted by Gasteiger charge is 2.04. The van der Waals surface area contributed by atoms with Crippen molar-refractivity contribution in [3.63, 3.8) is 0 Å². The van der Waals surface area contributed by atoms with E-state index in [2.05, 4.69) is 10.6 Å². The predicted molar refractivity (Wildman–Crippen MR) is 90.1 cm³/mol. The molecule has 2 aromatic carbocycles. The van der Waals surface area contributed by atoms with Crippen LogP contribution in [0, 0.1) is 0 Å². The second kappa shape index (κ2) is 8.38. The lowest BCUT2D eigenvalue weighted by Crippen LogP contribution is -2.21. The first-order valence-electron chi connectivity index (χ1n) is 7.19. The summed E-state index contributed by atoms with van der Waals surface area (Å²) in [5.41, 5.74) is 0.976. The molecule has 0 radical (unpaired) electrons. The summed E-state index contributed by atoms with van der Waals surface area (Å²) >= 11 is 0. The Morgan fingerprint density at radius 1 is 0.708 bits per heavy atom. The molecule has 0 bridgehead atoms. The van der Waals surface area contributed by atoms with E-state index in [9.17, 15) is 9.59 Å². The number of nitrogens with one attached hydrogen (secondary N) is 2. The molecule has 124 valence electrons. The lowest BCUT2D eigenvalue weighted by atomic mass is 10.2. The van der Waals surface area contributed by atoms with Crippen molar-refractivity contribution in [2.75, 3.05) is 14.2 Å². The zero-order valence-electron chi connectivity index (χ0n) is 13.4. The average Bonchev–Trinajstić information content (AvgIpc) is 2.65. The quantitative estimate of drug-likeness (QED) is 0.854. The second-order valence-corrected chi connectivity index (χ2v) is 4.74. The van der Waals surface area contributed by atoms with Gasteiger partial charge in [0.15, 0.2) is 0 Å². The highest BCUT2D eigenvalue weighted by atomic mass is 16.5.